The highest BCUT2D eigenvalue weighted by atomic mass is 32.1. The minimum absolute atomic E-state index is 0.163. The first-order valence-electron chi connectivity index (χ1n) is 8.19. The van der Waals surface area contributed by atoms with E-state index in [2.05, 4.69) is 9.73 Å². The summed E-state index contributed by atoms with van der Waals surface area (Å²) in [6.07, 6.45) is 0. The maximum absolute atomic E-state index is 14.3. The van der Waals surface area contributed by atoms with E-state index in [1.54, 1.807) is 0 Å². The van der Waals surface area contributed by atoms with Crippen molar-refractivity contribution in [1.29, 1.82) is 0 Å². The molecule has 6 nitrogen and oxygen atoms in total. The van der Waals surface area contributed by atoms with E-state index in [9.17, 15) is 18.4 Å². The Morgan fingerprint density at radius 2 is 1.79 bits per heavy atom. The summed E-state index contributed by atoms with van der Waals surface area (Å²) in [5.41, 5.74) is 0.708. The molecule has 2 aromatic carbocycles. The van der Waals surface area contributed by atoms with Gasteiger partial charge in [-0.15, -0.1) is 0 Å². The lowest BCUT2D eigenvalue weighted by Crippen LogP contribution is -2.20. The number of amides is 1. The zero-order chi connectivity index (χ0) is 20.3. The van der Waals surface area contributed by atoms with Crippen LogP contribution in [0.1, 0.15) is 20.7 Å². The van der Waals surface area contributed by atoms with Gasteiger partial charge in [0.1, 0.15) is 5.82 Å². The van der Waals surface area contributed by atoms with Crippen LogP contribution in [0.5, 0.6) is 0 Å². The number of benzene rings is 2. The second kappa shape index (κ2) is 8.41. The monoisotopic (exact) mass is 406 g/mol. The third kappa shape index (κ3) is 4.00. The lowest BCUT2D eigenvalue weighted by atomic mass is 10.1. The molecule has 0 aliphatic carbocycles. The van der Waals surface area contributed by atoms with Gasteiger partial charge < -0.3 is 14.0 Å². The van der Waals surface area contributed by atoms with E-state index in [1.165, 1.54) is 49.1 Å². The Morgan fingerprint density at radius 1 is 1.11 bits per heavy atom. The highest BCUT2D eigenvalue weighted by Crippen LogP contribution is 2.22. The van der Waals surface area contributed by atoms with Crippen LogP contribution in [0, 0.1) is 11.6 Å². The number of aromatic nitrogens is 1. The van der Waals surface area contributed by atoms with Crippen molar-refractivity contribution < 1.29 is 27.8 Å². The Morgan fingerprint density at radius 3 is 2.43 bits per heavy atom. The van der Waals surface area contributed by atoms with Crippen molar-refractivity contribution in [3.63, 3.8) is 0 Å². The van der Waals surface area contributed by atoms with Gasteiger partial charge in [-0.25, -0.2) is 13.6 Å². The number of carbonyl (C=O) groups excluding carboxylic acids is 2. The minimum atomic E-state index is -0.737. The molecule has 0 saturated heterocycles. The van der Waals surface area contributed by atoms with Crippen LogP contribution in [0.25, 0.3) is 10.2 Å². The van der Waals surface area contributed by atoms with Crippen LogP contribution in [-0.2, 0) is 16.0 Å². The van der Waals surface area contributed by atoms with Gasteiger partial charge in [-0.3, -0.25) is 4.79 Å². The molecule has 3 rings (SSSR count). The summed E-state index contributed by atoms with van der Waals surface area (Å²) in [7, 11) is 2.76. The van der Waals surface area contributed by atoms with Gasteiger partial charge in [0.05, 0.1) is 29.5 Å². The molecular weight excluding hydrogens is 390 g/mol. The predicted octanol–water partition coefficient (Wildman–Crippen LogP) is 3.16. The van der Waals surface area contributed by atoms with Crippen LogP contribution in [0.4, 0.5) is 8.78 Å². The van der Waals surface area contributed by atoms with Crippen molar-refractivity contribution in [2.24, 2.45) is 4.99 Å². The average molecular weight is 406 g/mol. The van der Waals surface area contributed by atoms with E-state index < -0.39 is 23.5 Å². The largest absolute Gasteiger partial charge is 0.465 e. The zero-order valence-electron chi connectivity index (χ0n) is 15.1. The molecule has 0 saturated carbocycles. The molecule has 3 aromatic rings. The lowest BCUT2D eigenvalue weighted by molar-refractivity contribution is 0.0600. The average Bonchev–Trinajstić information content (AvgIpc) is 3.02. The van der Waals surface area contributed by atoms with E-state index in [0.717, 1.165) is 17.4 Å². The van der Waals surface area contributed by atoms with Crippen LogP contribution < -0.4 is 4.80 Å². The van der Waals surface area contributed by atoms with Crippen LogP contribution in [0.2, 0.25) is 0 Å². The van der Waals surface area contributed by atoms with Crippen molar-refractivity contribution in [3.05, 3.63) is 64.0 Å². The number of fused-ring (bicyclic) bond motifs is 1. The summed E-state index contributed by atoms with van der Waals surface area (Å²) < 4.78 is 39.3. The highest BCUT2D eigenvalue weighted by Gasteiger charge is 2.15. The van der Waals surface area contributed by atoms with E-state index in [0.29, 0.717) is 10.3 Å². The molecule has 0 radical (unpaired) electrons. The molecule has 0 atom stereocenters. The van der Waals surface area contributed by atoms with E-state index >= 15 is 0 Å². The van der Waals surface area contributed by atoms with Gasteiger partial charge >= 0.3 is 5.97 Å². The minimum Gasteiger partial charge on any atom is -0.465 e. The fourth-order valence-corrected chi connectivity index (χ4v) is 3.72. The number of nitrogens with zero attached hydrogens (tertiary/aromatic N) is 2. The van der Waals surface area contributed by atoms with Crippen molar-refractivity contribution in [1.82, 2.24) is 4.57 Å². The SMILES string of the molecule is COCCn1c(=NC(=O)c2ccc(C(=O)OC)cc2)sc2cc(F)cc(F)c21. The quantitative estimate of drug-likeness (QED) is 0.611. The van der Waals surface area contributed by atoms with Crippen LogP contribution in [0.3, 0.4) is 0 Å². The smallest absolute Gasteiger partial charge is 0.337 e. The van der Waals surface area contributed by atoms with E-state index in [4.69, 9.17) is 4.74 Å². The van der Waals surface area contributed by atoms with Crippen molar-refractivity contribution in [2.45, 2.75) is 6.54 Å². The Kier molecular flexibility index (Phi) is 5.96. The number of hydrogen-bond acceptors (Lipinski definition) is 5. The third-order valence-electron chi connectivity index (χ3n) is 3.96. The molecule has 0 fully saturated rings. The normalized spacial score (nSPS) is 11.8. The van der Waals surface area contributed by atoms with Crippen LogP contribution in [-0.4, -0.2) is 37.3 Å². The Balaban J connectivity index is 2.06. The number of thiazole rings is 1. The molecule has 9 heteroatoms. The molecule has 28 heavy (non-hydrogen) atoms. The van der Waals surface area contributed by atoms with Gasteiger partial charge in [-0.05, 0) is 30.3 Å². The summed E-state index contributed by atoms with van der Waals surface area (Å²) in [5.74, 6) is -2.54. The fourth-order valence-electron chi connectivity index (χ4n) is 2.62. The number of ether oxygens (including phenoxy) is 2. The van der Waals surface area contributed by atoms with Gasteiger partial charge in [0.25, 0.3) is 5.91 Å². The Hall–Kier alpha value is -2.91. The van der Waals surface area contributed by atoms with E-state index in [-0.39, 0.29) is 29.0 Å². The molecule has 1 heterocycles. The van der Waals surface area contributed by atoms with Gasteiger partial charge in [0.2, 0.25) is 0 Å². The van der Waals surface area contributed by atoms with Gasteiger partial charge in [-0.1, -0.05) is 11.3 Å². The van der Waals surface area contributed by atoms with Gasteiger partial charge in [-0.2, -0.15) is 4.99 Å². The molecule has 1 aromatic heterocycles. The topological polar surface area (TPSA) is 69.9 Å². The number of methoxy groups -OCH3 is 2. The first-order valence-corrected chi connectivity index (χ1v) is 9.01. The molecule has 0 aliphatic rings. The maximum Gasteiger partial charge on any atom is 0.337 e. The maximum atomic E-state index is 14.3. The molecule has 0 N–H and O–H groups in total. The highest BCUT2D eigenvalue weighted by molar-refractivity contribution is 7.16. The number of rotatable bonds is 5. The molecule has 0 bridgehead atoms. The number of halogens is 2. The van der Waals surface area contributed by atoms with Crippen LogP contribution >= 0.6 is 11.3 Å². The summed E-state index contributed by atoms with van der Waals surface area (Å²) in [6.45, 7) is 0.504. The van der Waals surface area contributed by atoms with Gasteiger partial charge in [0.15, 0.2) is 10.6 Å². The van der Waals surface area contributed by atoms with E-state index in [1.807, 2.05) is 0 Å². The summed E-state index contributed by atoms with van der Waals surface area (Å²) >= 11 is 1.00. The molecule has 1 amide bonds. The Labute approximate surface area is 162 Å². The standard InChI is InChI=1S/C19H16F2N2O4S/c1-26-8-7-23-16-14(21)9-13(20)10-15(16)28-19(23)22-17(24)11-3-5-12(6-4-11)18(25)27-2/h3-6,9-10H,7-8H2,1-2H3. The first kappa shape index (κ1) is 19.8. The second-order valence-corrected chi connectivity index (χ2v) is 6.76. The fraction of sp³-hybridized carbons (Fsp3) is 0.211. The third-order valence-corrected chi connectivity index (χ3v) is 4.99. The van der Waals surface area contributed by atoms with Crippen molar-refractivity contribution in [3.8, 4) is 0 Å². The second-order valence-electron chi connectivity index (χ2n) is 5.75. The number of hydrogen-bond donors (Lipinski definition) is 0. The van der Waals surface area contributed by atoms with Crippen LogP contribution in [0.15, 0.2) is 41.4 Å². The molecule has 0 unspecified atom stereocenters. The summed E-state index contributed by atoms with van der Waals surface area (Å²) in [5, 5.41) is 0. The van der Waals surface area contributed by atoms with Gasteiger partial charge in [0, 0.05) is 25.3 Å². The molecule has 0 spiro atoms. The predicted molar refractivity (Wildman–Crippen MR) is 99.3 cm³/mol. The molecular formula is C19H16F2N2O4S. The number of carbonyl (C=O) groups is 2. The molecule has 146 valence electrons. The summed E-state index contributed by atoms with van der Waals surface area (Å²) in [4.78, 5) is 28.3. The zero-order valence-corrected chi connectivity index (χ0v) is 15.9. The first-order chi connectivity index (χ1) is 13.4. The Bertz CT molecular complexity index is 1100. The van der Waals surface area contributed by atoms with Crippen molar-refractivity contribution >= 4 is 33.4 Å². The molecule has 0 aliphatic heterocycles. The lowest BCUT2D eigenvalue weighted by Gasteiger charge is -2.05. The van der Waals surface area contributed by atoms with Crippen molar-refractivity contribution in [2.75, 3.05) is 20.8 Å². The summed E-state index contributed by atoms with van der Waals surface area (Å²) in [6, 6.07) is 7.79. The number of esters is 1.